The minimum absolute atomic E-state index is 0.0126. The van der Waals surface area contributed by atoms with Gasteiger partial charge in [0.05, 0.1) is 6.42 Å². The molecule has 2 aromatic rings. The fraction of sp³-hybridized carbons (Fsp3) is 0.133. The molecular weight excluding hydrogens is 281 g/mol. The van der Waals surface area contributed by atoms with E-state index in [1.54, 1.807) is 0 Å². The van der Waals surface area contributed by atoms with Gasteiger partial charge in [-0.1, -0.05) is 6.07 Å². The van der Waals surface area contributed by atoms with Crippen LogP contribution in [0.5, 0.6) is 0 Å². The SMILES string of the molecule is NCc1cc(NC(=O)Cc2ccc(F)c(F)c2)ccc1F. The fourth-order valence-corrected chi connectivity index (χ4v) is 1.85. The number of amides is 1. The van der Waals surface area contributed by atoms with Crippen LogP contribution in [0.3, 0.4) is 0 Å². The van der Waals surface area contributed by atoms with E-state index in [1.165, 1.54) is 24.3 Å². The second-order valence-corrected chi connectivity index (χ2v) is 4.48. The predicted molar refractivity (Wildman–Crippen MR) is 73.0 cm³/mol. The molecule has 3 nitrogen and oxygen atoms in total. The Morgan fingerprint density at radius 3 is 2.38 bits per heavy atom. The Labute approximate surface area is 119 Å². The monoisotopic (exact) mass is 294 g/mol. The van der Waals surface area contributed by atoms with Crippen LogP contribution >= 0.6 is 0 Å². The van der Waals surface area contributed by atoms with E-state index in [4.69, 9.17) is 5.73 Å². The molecule has 3 N–H and O–H groups in total. The van der Waals surface area contributed by atoms with Gasteiger partial charge < -0.3 is 11.1 Å². The van der Waals surface area contributed by atoms with Crippen molar-refractivity contribution < 1.29 is 18.0 Å². The number of anilines is 1. The number of carbonyl (C=O) groups excluding carboxylic acids is 1. The molecule has 0 saturated heterocycles. The molecule has 0 radical (unpaired) electrons. The number of nitrogens with one attached hydrogen (secondary N) is 1. The predicted octanol–water partition coefficient (Wildman–Crippen LogP) is 2.74. The average molecular weight is 294 g/mol. The van der Waals surface area contributed by atoms with Crippen molar-refractivity contribution in [3.63, 3.8) is 0 Å². The molecule has 0 aliphatic heterocycles. The van der Waals surface area contributed by atoms with Crippen molar-refractivity contribution in [3.05, 3.63) is 65.0 Å². The maximum atomic E-state index is 13.3. The van der Waals surface area contributed by atoms with Crippen molar-refractivity contribution in [2.75, 3.05) is 5.32 Å². The fourth-order valence-electron chi connectivity index (χ4n) is 1.85. The van der Waals surface area contributed by atoms with Gasteiger partial charge in [0.25, 0.3) is 0 Å². The summed E-state index contributed by atoms with van der Waals surface area (Å²) in [6, 6.07) is 7.28. The van der Waals surface area contributed by atoms with Crippen molar-refractivity contribution in [2.24, 2.45) is 5.73 Å². The molecule has 0 aliphatic carbocycles. The summed E-state index contributed by atoms with van der Waals surface area (Å²) >= 11 is 0. The Morgan fingerprint density at radius 2 is 1.71 bits per heavy atom. The van der Waals surface area contributed by atoms with Gasteiger partial charge in [0.1, 0.15) is 5.82 Å². The van der Waals surface area contributed by atoms with E-state index >= 15 is 0 Å². The first-order valence-corrected chi connectivity index (χ1v) is 6.22. The van der Waals surface area contributed by atoms with Crippen LogP contribution in [0.1, 0.15) is 11.1 Å². The molecule has 0 aliphatic rings. The Hall–Kier alpha value is -2.34. The highest BCUT2D eigenvalue weighted by molar-refractivity contribution is 5.92. The summed E-state index contributed by atoms with van der Waals surface area (Å²) in [6.07, 6.45) is -0.119. The van der Waals surface area contributed by atoms with Crippen molar-refractivity contribution in [1.29, 1.82) is 0 Å². The molecule has 0 saturated carbocycles. The first kappa shape index (κ1) is 15.1. The van der Waals surface area contributed by atoms with Crippen LogP contribution in [0.25, 0.3) is 0 Å². The van der Waals surface area contributed by atoms with Gasteiger partial charge >= 0.3 is 0 Å². The third-order valence-electron chi connectivity index (χ3n) is 2.90. The smallest absolute Gasteiger partial charge is 0.228 e. The lowest BCUT2D eigenvalue weighted by Crippen LogP contribution is -2.15. The molecule has 0 heterocycles. The molecule has 110 valence electrons. The van der Waals surface area contributed by atoms with Crippen molar-refractivity contribution in [1.82, 2.24) is 0 Å². The van der Waals surface area contributed by atoms with Crippen LogP contribution in [0, 0.1) is 17.5 Å². The van der Waals surface area contributed by atoms with Crippen LogP contribution in [0.15, 0.2) is 36.4 Å². The second-order valence-electron chi connectivity index (χ2n) is 4.48. The molecule has 1 amide bonds. The van der Waals surface area contributed by atoms with Gasteiger partial charge in [-0.25, -0.2) is 13.2 Å². The van der Waals surface area contributed by atoms with Crippen molar-refractivity contribution >= 4 is 11.6 Å². The topological polar surface area (TPSA) is 55.1 Å². The summed E-state index contributed by atoms with van der Waals surface area (Å²) in [5.74, 6) is -2.84. The van der Waals surface area contributed by atoms with Gasteiger partial charge in [-0.15, -0.1) is 0 Å². The summed E-state index contributed by atoms with van der Waals surface area (Å²) in [6.45, 7) is 0.0126. The zero-order chi connectivity index (χ0) is 15.4. The number of rotatable bonds is 4. The zero-order valence-corrected chi connectivity index (χ0v) is 11.0. The molecule has 6 heteroatoms. The Kier molecular flexibility index (Phi) is 4.59. The quantitative estimate of drug-likeness (QED) is 0.911. The summed E-state index contributed by atoms with van der Waals surface area (Å²) in [5.41, 5.74) is 6.39. The van der Waals surface area contributed by atoms with Crippen molar-refractivity contribution in [3.8, 4) is 0 Å². The van der Waals surface area contributed by atoms with Gasteiger partial charge in [-0.2, -0.15) is 0 Å². The average Bonchev–Trinajstić information content (AvgIpc) is 2.45. The molecule has 0 bridgehead atoms. The molecule has 0 spiro atoms. The third kappa shape index (κ3) is 3.82. The van der Waals surface area contributed by atoms with Gasteiger partial charge in [0.15, 0.2) is 11.6 Å². The number of benzene rings is 2. The lowest BCUT2D eigenvalue weighted by molar-refractivity contribution is -0.115. The standard InChI is InChI=1S/C15H13F3N2O/c16-12-4-2-11(7-10(12)8-19)20-15(21)6-9-1-3-13(17)14(18)5-9/h1-5,7H,6,8,19H2,(H,20,21). The van der Waals surface area contributed by atoms with Gasteiger partial charge in [-0.05, 0) is 35.9 Å². The van der Waals surface area contributed by atoms with Crippen LogP contribution in [-0.4, -0.2) is 5.91 Å². The minimum Gasteiger partial charge on any atom is -0.326 e. The Morgan fingerprint density at radius 1 is 1.00 bits per heavy atom. The van der Waals surface area contributed by atoms with Crippen LogP contribution in [0.2, 0.25) is 0 Å². The van der Waals surface area contributed by atoms with Crippen molar-refractivity contribution in [2.45, 2.75) is 13.0 Å². The van der Waals surface area contributed by atoms with E-state index in [1.807, 2.05) is 0 Å². The largest absolute Gasteiger partial charge is 0.326 e. The maximum absolute atomic E-state index is 13.3. The van der Waals surface area contributed by atoms with Gasteiger partial charge in [0, 0.05) is 17.8 Å². The molecule has 2 rings (SSSR count). The number of halogens is 3. The molecule has 21 heavy (non-hydrogen) atoms. The highest BCUT2D eigenvalue weighted by Crippen LogP contribution is 2.15. The zero-order valence-electron chi connectivity index (χ0n) is 11.0. The first-order valence-electron chi connectivity index (χ1n) is 6.22. The van der Waals surface area contributed by atoms with E-state index in [-0.39, 0.29) is 18.5 Å². The number of hydrogen-bond acceptors (Lipinski definition) is 2. The summed E-state index contributed by atoms with van der Waals surface area (Å²) in [4.78, 5) is 11.8. The molecule has 0 aromatic heterocycles. The lowest BCUT2D eigenvalue weighted by atomic mass is 10.1. The second kappa shape index (κ2) is 6.41. The lowest BCUT2D eigenvalue weighted by Gasteiger charge is -2.08. The molecular formula is C15H13F3N2O. The highest BCUT2D eigenvalue weighted by Gasteiger charge is 2.09. The van der Waals surface area contributed by atoms with Crippen LogP contribution in [-0.2, 0) is 17.8 Å². The van der Waals surface area contributed by atoms with E-state index in [0.29, 0.717) is 11.3 Å². The Bertz CT molecular complexity index is 674. The molecule has 0 fully saturated rings. The number of nitrogens with two attached hydrogens (primary N) is 1. The summed E-state index contributed by atoms with van der Waals surface area (Å²) < 4.78 is 39.1. The minimum atomic E-state index is -1.01. The molecule has 2 aromatic carbocycles. The van der Waals surface area contributed by atoms with Crippen LogP contribution < -0.4 is 11.1 Å². The summed E-state index contributed by atoms with van der Waals surface area (Å²) in [7, 11) is 0. The first-order chi connectivity index (χ1) is 9.99. The van der Waals surface area contributed by atoms with E-state index in [0.717, 1.165) is 12.1 Å². The van der Waals surface area contributed by atoms with Crippen LogP contribution in [0.4, 0.5) is 18.9 Å². The Balaban J connectivity index is 2.06. The third-order valence-corrected chi connectivity index (χ3v) is 2.90. The normalized spacial score (nSPS) is 10.5. The van der Waals surface area contributed by atoms with Gasteiger partial charge in [-0.3, -0.25) is 4.79 Å². The number of hydrogen-bond donors (Lipinski definition) is 2. The molecule has 0 atom stereocenters. The number of carbonyl (C=O) groups is 1. The summed E-state index contributed by atoms with van der Waals surface area (Å²) in [5, 5.41) is 2.55. The molecule has 0 unspecified atom stereocenters. The van der Waals surface area contributed by atoms with E-state index in [2.05, 4.69) is 5.32 Å². The maximum Gasteiger partial charge on any atom is 0.228 e. The van der Waals surface area contributed by atoms with E-state index < -0.39 is 23.4 Å². The van der Waals surface area contributed by atoms with Gasteiger partial charge in [0.2, 0.25) is 5.91 Å². The highest BCUT2D eigenvalue weighted by atomic mass is 19.2. The van der Waals surface area contributed by atoms with E-state index in [9.17, 15) is 18.0 Å².